The first-order chi connectivity index (χ1) is 9.47. The third-order valence-corrected chi connectivity index (χ3v) is 3.46. The van der Waals surface area contributed by atoms with E-state index >= 15 is 0 Å². The Morgan fingerprint density at radius 1 is 1.10 bits per heavy atom. The molecule has 0 heterocycles. The van der Waals surface area contributed by atoms with E-state index in [2.05, 4.69) is 31.9 Å². The molecule has 2 aromatic carbocycles. The number of halogens is 2. The van der Waals surface area contributed by atoms with Gasteiger partial charge in [0.25, 0.3) is 6.29 Å². The topological polar surface area (TPSA) is 72.3 Å². The van der Waals surface area contributed by atoms with E-state index in [1.165, 1.54) is 12.1 Å². The Balaban J connectivity index is 2.28. The lowest BCUT2D eigenvalue weighted by atomic mass is 10.2. The van der Waals surface area contributed by atoms with Crippen molar-refractivity contribution in [2.75, 3.05) is 0 Å². The van der Waals surface area contributed by atoms with Crippen molar-refractivity contribution >= 4 is 37.5 Å². The van der Waals surface area contributed by atoms with E-state index in [1.807, 2.05) is 0 Å². The van der Waals surface area contributed by atoms with Crippen molar-refractivity contribution in [2.24, 2.45) is 0 Å². The second kappa shape index (κ2) is 6.34. The van der Waals surface area contributed by atoms with E-state index in [0.717, 1.165) is 4.47 Å². The van der Waals surface area contributed by atoms with Gasteiger partial charge in [0.1, 0.15) is 0 Å². The summed E-state index contributed by atoms with van der Waals surface area (Å²) in [6, 6.07) is 11.0. The average Bonchev–Trinajstić information content (AvgIpc) is 2.40. The number of hydrogen-bond acceptors (Lipinski definition) is 3. The van der Waals surface area contributed by atoms with Crippen molar-refractivity contribution in [3.8, 4) is 5.75 Å². The van der Waals surface area contributed by atoms with Gasteiger partial charge in [0.15, 0.2) is 0 Å². The largest absolute Gasteiger partial charge is 0.451 e. The number of ether oxygens (including phenoxy) is 1. The quantitative estimate of drug-likeness (QED) is 0.426. The summed E-state index contributed by atoms with van der Waals surface area (Å²) in [6.45, 7) is 0. The van der Waals surface area contributed by atoms with Crippen molar-refractivity contribution in [3.05, 3.63) is 67.1 Å². The summed E-state index contributed by atoms with van der Waals surface area (Å²) in [5, 5.41) is 23.0. The summed E-state index contributed by atoms with van der Waals surface area (Å²) in [5.74, 6) is -0.0572. The average molecular weight is 402 g/mol. The van der Waals surface area contributed by atoms with E-state index in [1.54, 1.807) is 30.3 Å². The molecular weight excluding hydrogens is 394 g/mol. The monoisotopic (exact) mass is 400 g/mol. The number of nitro benzene ring substituents is 1. The number of nitro groups is 1. The maximum Gasteiger partial charge on any atom is 0.312 e. The lowest BCUT2D eigenvalue weighted by Gasteiger charge is -2.12. The van der Waals surface area contributed by atoms with Crippen LogP contribution in [0.4, 0.5) is 5.69 Å². The predicted molar refractivity (Wildman–Crippen MR) is 79.0 cm³/mol. The van der Waals surface area contributed by atoms with Crippen LogP contribution in [0.2, 0.25) is 0 Å². The van der Waals surface area contributed by atoms with Crippen molar-refractivity contribution in [1.29, 1.82) is 0 Å². The van der Waals surface area contributed by atoms with Gasteiger partial charge in [0.05, 0.1) is 4.92 Å². The van der Waals surface area contributed by atoms with Crippen LogP contribution >= 0.6 is 31.9 Å². The molecule has 103 valence electrons. The van der Waals surface area contributed by atoms with Gasteiger partial charge >= 0.3 is 5.69 Å². The van der Waals surface area contributed by atoms with Crippen LogP contribution in [0, 0.1) is 10.1 Å². The van der Waals surface area contributed by atoms with Crippen molar-refractivity contribution in [2.45, 2.75) is 6.29 Å². The summed E-state index contributed by atoms with van der Waals surface area (Å²) in [6.07, 6.45) is -1.53. The van der Waals surface area contributed by atoms with Crippen LogP contribution in [0.5, 0.6) is 5.75 Å². The molecule has 1 unspecified atom stereocenters. The highest BCUT2D eigenvalue weighted by molar-refractivity contribution is 9.10. The molecule has 2 aromatic rings. The molecule has 0 saturated carbocycles. The lowest BCUT2D eigenvalue weighted by molar-refractivity contribution is -0.386. The van der Waals surface area contributed by atoms with E-state index in [4.69, 9.17) is 4.74 Å². The molecule has 0 aromatic heterocycles. The van der Waals surface area contributed by atoms with Gasteiger partial charge < -0.3 is 4.74 Å². The Labute approximate surface area is 131 Å². The number of hydrogen-bond donors (Lipinski definition) is 0. The zero-order chi connectivity index (χ0) is 14.7. The highest BCUT2D eigenvalue weighted by Crippen LogP contribution is 2.33. The maximum atomic E-state index is 12.0. The molecule has 1 radical (unpaired) electrons. The minimum atomic E-state index is -1.53. The fourth-order valence-corrected chi connectivity index (χ4v) is 2.34. The lowest BCUT2D eigenvalue weighted by Crippen LogP contribution is -2.06. The van der Waals surface area contributed by atoms with Crippen LogP contribution < -0.4 is 4.74 Å². The molecule has 7 heteroatoms. The Kier molecular flexibility index (Phi) is 4.74. The van der Waals surface area contributed by atoms with Crippen molar-refractivity contribution < 1.29 is 14.8 Å². The van der Waals surface area contributed by atoms with Gasteiger partial charge in [-0.1, -0.05) is 44.0 Å². The first-order valence-corrected chi connectivity index (χ1v) is 7.08. The van der Waals surface area contributed by atoms with E-state index in [9.17, 15) is 15.2 Å². The molecule has 0 aliphatic carbocycles. The van der Waals surface area contributed by atoms with Crippen LogP contribution in [0.3, 0.4) is 0 Å². The van der Waals surface area contributed by atoms with Gasteiger partial charge in [-0.05, 0) is 24.3 Å². The Morgan fingerprint density at radius 3 is 2.45 bits per heavy atom. The molecule has 0 N–H and O–H groups in total. The van der Waals surface area contributed by atoms with Crippen LogP contribution in [-0.4, -0.2) is 4.92 Å². The molecule has 20 heavy (non-hydrogen) atoms. The van der Waals surface area contributed by atoms with Gasteiger partial charge in [-0.3, -0.25) is 10.1 Å². The summed E-state index contributed by atoms with van der Waals surface area (Å²) in [4.78, 5) is 10.4. The Morgan fingerprint density at radius 2 is 1.80 bits per heavy atom. The molecule has 0 amide bonds. The van der Waals surface area contributed by atoms with Gasteiger partial charge in [-0.25, -0.2) is 0 Å². The van der Waals surface area contributed by atoms with Crippen LogP contribution in [-0.2, 0) is 5.11 Å². The molecule has 1 atom stereocenters. The van der Waals surface area contributed by atoms with Crippen molar-refractivity contribution in [1.82, 2.24) is 0 Å². The molecule has 0 bridgehead atoms. The van der Waals surface area contributed by atoms with E-state index in [-0.39, 0.29) is 11.4 Å². The number of nitrogens with zero attached hydrogens (tertiary/aromatic N) is 1. The van der Waals surface area contributed by atoms with Crippen LogP contribution in [0.1, 0.15) is 11.9 Å². The molecular formula is C13H8Br2NO4. The maximum absolute atomic E-state index is 12.0. The highest BCUT2D eigenvalue weighted by Gasteiger charge is 2.20. The minimum absolute atomic E-state index is 0.0572. The third-order valence-electron chi connectivity index (χ3n) is 2.47. The molecule has 0 aliphatic rings. The zero-order valence-electron chi connectivity index (χ0n) is 9.95. The SMILES string of the molecule is [O]C(Oc1ccc(Br)cc1[N+](=O)[O-])c1cccc(Br)c1. The standard InChI is InChI=1S/C13H8Br2NO4/c14-9-3-1-2-8(6-9)13(17)20-12-5-4-10(15)7-11(12)16(18)19/h1-7,13H. The second-order valence-electron chi connectivity index (χ2n) is 3.87. The Bertz CT molecular complexity index is 648. The fraction of sp³-hybridized carbons (Fsp3) is 0.0769. The first kappa shape index (κ1) is 15.0. The minimum Gasteiger partial charge on any atom is -0.451 e. The van der Waals surface area contributed by atoms with E-state index in [0.29, 0.717) is 10.0 Å². The fourth-order valence-electron chi connectivity index (χ4n) is 1.57. The second-order valence-corrected chi connectivity index (χ2v) is 5.71. The van der Waals surface area contributed by atoms with Crippen LogP contribution in [0.15, 0.2) is 51.4 Å². The smallest absolute Gasteiger partial charge is 0.312 e. The third kappa shape index (κ3) is 3.56. The Hall–Kier alpha value is -1.44. The molecule has 0 saturated heterocycles. The van der Waals surface area contributed by atoms with E-state index < -0.39 is 11.2 Å². The highest BCUT2D eigenvalue weighted by atomic mass is 79.9. The number of rotatable bonds is 4. The predicted octanol–water partition coefficient (Wildman–Crippen LogP) is 4.63. The summed E-state index contributed by atoms with van der Waals surface area (Å²) in [5.41, 5.74) is 0.131. The first-order valence-electron chi connectivity index (χ1n) is 5.49. The van der Waals surface area contributed by atoms with Crippen molar-refractivity contribution in [3.63, 3.8) is 0 Å². The molecule has 0 spiro atoms. The summed E-state index contributed by atoms with van der Waals surface area (Å²) >= 11 is 6.40. The van der Waals surface area contributed by atoms with Crippen LogP contribution in [0.25, 0.3) is 0 Å². The summed E-state index contributed by atoms with van der Waals surface area (Å²) in [7, 11) is 0. The zero-order valence-corrected chi connectivity index (χ0v) is 13.1. The number of benzene rings is 2. The van der Waals surface area contributed by atoms with Gasteiger partial charge in [0, 0.05) is 20.6 Å². The van der Waals surface area contributed by atoms with Gasteiger partial charge in [-0.15, -0.1) is 0 Å². The van der Waals surface area contributed by atoms with Gasteiger partial charge in [-0.2, -0.15) is 5.11 Å². The van der Waals surface area contributed by atoms with Gasteiger partial charge in [0.2, 0.25) is 5.75 Å². The molecule has 2 rings (SSSR count). The normalized spacial score (nSPS) is 11.9. The molecule has 0 fully saturated rings. The summed E-state index contributed by atoms with van der Waals surface area (Å²) < 4.78 is 6.45. The molecule has 0 aliphatic heterocycles. The molecule has 5 nitrogen and oxygen atoms in total.